The van der Waals surface area contributed by atoms with Crippen molar-refractivity contribution in [3.8, 4) is 0 Å². The minimum absolute atomic E-state index is 0.0400. The number of ether oxygens (including phenoxy) is 1. The lowest BCUT2D eigenvalue weighted by molar-refractivity contribution is -0.163. The monoisotopic (exact) mass is 487 g/mol. The van der Waals surface area contributed by atoms with Crippen molar-refractivity contribution in [2.45, 2.75) is 70.6 Å². The number of fused-ring (bicyclic) bond motifs is 1. The highest BCUT2D eigenvalue weighted by atomic mass is 32.2. The van der Waals surface area contributed by atoms with Crippen LogP contribution in [0, 0.1) is 11.8 Å². The van der Waals surface area contributed by atoms with Crippen molar-refractivity contribution in [1.29, 1.82) is 0 Å². The average molecular weight is 488 g/mol. The second kappa shape index (κ2) is 9.80. The van der Waals surface area contributed by atoms with E-state index in [2.05, 4.69) is 59.5 Å². The van der Waals surface area contributed by atoms with Crippen LogP contribution in [0.5, 0.6) is 0 Å². The number of esters is 1. The molecule has 0 aliphatic carbocycles. The van der Waals surface area contributed by atoms with Gasteiger partial charge in [-0.1, -0.05) is 70.7 Å². The summed E-state index contributed by atoms with van der Waals surface area (Å²) in [4.78, 5) is 28.9. The van der Waals surface area contributed by atoms with E-state index in [0.717, 1.165) is 10.7 Å². The highest BCUT2D eigenvalue weighted by Gasteiger charge is 2.61. The molecule has 2 aliphatic heterocycles. The lowest BCUT2D eigenvalue weighted by Crippen LogP contribution is -2.65. The van der Waals surface area contributed by atoms with E-state index in [0.29, 0.717) is 5.70 Å². The smallest absolute Gasteiger partial charge is 0.356 e. The summed E-state index contributed by atoms with van der Waals surface area (Å²) in [6.45, 7) is 18.9. The number of carbonyl (C=O) groups excluding carboxylic acids is 2. The third-order valence-electron chi connectivity index (χ3n) is 7.14. The minimum atomic E-state index is -2.03. The molecule has 2 heterocycles. The molecule has 0 bridgehead atoms. The molecule has 1 amide bonds. The average Bonchev–Trinajstić information content (AvgIpc) is 2.98. The quantitative estimate of drug-likeness (QED) is 0.192. The zero-order chi connectivity index (χ0) is 24.6. The van der Waals surface area contributed by atoms with Crippen LogP contribution in [0.1, 0.15) is 40.2 Å². The second-order valence-electron chi connectivity index (χ2n) is 10.5. The zero-order valence-corrected chi connectivity index (χ0v) is 22.7. The predicted molar refractivity (Wildman–Crippen MR) is 137 cm³/mol. The summed E-state index contributed by atoms with van der Waals surface area (Å²) < 4.78 is 12.0. The maximum atomic E-state index is 13.4. The number of carbonyl (C=O) groups is 2. The molecule has 0 N–H and O–H groups in total. The Morgan fingerprint density at radius 1 is 1.27 bits per heavy atom. The van der Waals surface area contributed by atoms with Crippen LogP contribution in [0.2, 0.25) is 18.1 Å². The van der Waals surface area contributed by atoms with Crippen LogP contribution in [0.25, 0.3) is 0 Å². The summed E-state index contributed by atoms with van der Waals surface area (Å²) in [5.41, 5.74) is 1.57. The molecule has 33 heavy (non-hydrogen) atoms. The maximum absolute atomic E-state index is 13.4. The van der Waals surface area contributed by atoms with Crippen LogP contribution in [-0.4, -0.2) is 43.8 Å². The number of hydrogen-bond acceptors (Lipinski definition) is 5. The molecule has 1 aromatic rings. The first-order chi connectivity index (χ1) is 15.4. The molecule has 1 aromatic carbocycles. The van der Waals surface area contributed by atoms with Gasteiger partial charge in [-0.2, -0.15) is 0 Å². The van der Waals surface area contributed by atoms with E-state index >= 15 is 0 Å². The van der Waals surface area contributed by atoms with Crippen LogP contribution in [0.4, 0.5) is 0 Å². The van der Waals surface area contributed by atoms with Gasteiger partial charge >= 0.3 is 5.97 Å². The van der Waals surface area contributed by atoms with Crippen LogP contribution in [0.15, 0.2) is 53.6 Å². The zero-order valence-electron chi connectivity index (χ0n) is 20.9. The number of benzene rings is 1. The SMILES string of the molecule is C=CCOC(=O)C1=C(SCc2ccccc2)[C@H](C)[C@@H]2[C@@H]([C@@H](C)O[Si](C)(C)C(C)(C)C)C(=O)N12. The van der Waals surface area contributed by atoms with Gasteiger partial charge in [-0.3, -0.25) is 4.79 Å². The lowest BCUT2D eigenvalue weighted by atomic mass is 9.79. The Morgan fingerprint density at radius 3 is 2.48 bits per heavy atom. The maximum Gasteiger partial charge on any atom is 0.356 e. The molecule has 0 unspecified atom stereocenters. The van der Waals surface area contributed by atoms with Gasteiger partial charge in [0.1, 0.15) is 12.3 Å². The largest absolute Gasteiger partial charge is 0.457 e. The van der Waals surface area contributed by atoms with Crippen molar-refractivity contribution in [3.63, 3.8) is 0 Å². The highest BCUT2D eigenvalue weighted by Crippen LogP contribution is 2.52. The summed E-state index contributed by atoms with van der Waals surface area (Å²) in [6, 6.07) is 10.1. The number of nitrogens with zero attached hydrogens (tertiary/aromatic N) is 1. The Kier molecular flexibility index (Phi) is 7.66. The summed E-state index contributed by atoms with van der Waals surface area (Å²) in [5, 5.41) is 0.0592. The van der Waals surface area contributed by atoms with E-state index in [1.165, 1.54) is 5.56 Å². The van der Waals surface area contributed by atoms with Crippen LogP contribution >= 0.6 is 11.8 Å². The summed E-state index contributed by atoms with van der Waals surface area (Å²) in [7, 11) is -2.03. The number of amides is 1. The summed E-state index contributed by atoms with van der Waals surface area (Å²) in [5.74, 6) is 0.0154. The molecule has 1 fully saturated rings. The van der Waals surface area contributed by atoms with Gasteiger partial charge in [-0.05, 0) is 30.6 Å². The van der Waals surface area contributed by atoms with Crippen molar-refractivity contribution in [3.05, 3.63) is 59.2 Å². The van der Waals surface area contributed by atoms with Crippen molar-refractivity contribution >= 4 is 32.0 Å². The van der Waals surface area contributed by atoms with Crippen LogP contribution in [0.3, 0.4) is 0 Å². The van der Waals surface area contributed by atoms with Gasteiger partial charge in [0, 0.05) is 16.6 Å². The third kappa shape index (κ3) is 5.00. The first-order valence-corrected chi connectivity index (χ1v) is 15.5. The third-order valence-corrected chi connectivity index (χ3v) is 13.1. The highest BCUT2D eigenvalue weighted by molar-refractivity contribution is 8.02. The van der Waals surface area contributed by atoms with Crippen LogP contribution < -0.4 is 0 Å². The molecular formula is C26H37NO4SSi. The van der Waals surface area contributed by atoms with Gasteiger partial charge in [0.05, 0.1) is 18.1 Å². The first-order valence-electron chi connectivity index (χ1n) is 11.6. The molecule has 1 saturated heterocycles. The molecule has 0 spiro atoms. The van der Waals surface area contributed by atoms with Crippen LogP contribution in [-0.2, 0) is 24.5 Å². The number of rotatable bonds is 9. The number of hydrogen-bond donors (Lipinski definition) is 0. The first kappa shape index (κ1) is 25.8. The molecule has 7 heteroatoms. The Balaban J connectivity index is 1.85. The van der Waals surface area contributed by atoms with E-state index < -0.39 is 14.3 Å². The summed E-state index contributed by atoms with van der Waals surface area (Å²) in [6.07, 6.45) is 1.34. The van der Waals surface area contributed by atoms with Crippen molar-refractivity contribution in [1.82, 2.24) is 4.90 Å². The Morgan fingerprint density at radius 2 is 1.91 bits per heavy atom. The summed E-state index contributed by atoms with van der Waals surface area (Å²) >= 11 is 1.62. The molecule has 3 rings (SSSR count). The van der Waals surface area contributed by atoms with E-state index in [9.17, 15) is 9.59 Å². The Bertz CT molecular complexity index is 937. The lowest BCUT2D eigenvalue weighted by Gasteiger charge is -2.50. The van der Waals surface area contributed by atoms with Crippen molar-refractivity contribution in [2.24, 2.45) is 11.8 Å². The minimum Gasteiger partial charge on any atom is -0.457 e. The van der Waals surface area contributed by atoms with Crippen molar-refractivity contribution in [2.75, 3.05) is 6.61 Å². The number of β-lactam (4-membered cyclic amide) rings is 1. The predicted octanol–water partition coefficient (Wildman–Crippen LogP) is 5.75. The fourth-order valence-corrected chi connectivity index (χ4v) is 7.01. The van der Waals surface area contributed by atoms with Gasteiger partial charge in [0.25, 0.3) is 0 Å². The van der Waals surface area contributed by atoms with Gasteiger partial charge in [-0.25, -0.2) is 4.79 Å². The molecule has 180 valence electrons. The molecular weight excluding hydrogens is 450 g/mol. The topological polar surface area (TPSA) is 55.8 Å². The molecule has 0 radical (unpaired) electrons. The molecule has 4 atom stereocenters. The fourth-order valence-electron chi connectivity index (χ4n) is 4.35. The molecule has 2 aliphatic rings. The van der Waals surface area contributed by atoms with Crippen molar-refractivity contribution < 1.29 is 18.8 Å². The van der Waals surface area contributed by atoms with Gasteiger partial charge < -0.3 is 14.1 Å². The Labute approximate surface area is 203 Å². The number of thioether (sulfide) groups is 1. The van der Waals surface area contributed by atoms with E-state index in [4.69, 9.17) is 9.16 Å². The molecule has 0 saturated carbocycles. The normalized spacial score (nSPS) is 23.8. The molecule has 5 nitrogen and oxygen atoms in total. The Hall–Kier alpha value is -1.83. The van der Waals surface area contributed by atoms with Gasteiger partial charge in [0.15, 0.2) is 8.32 Å². The second-order valence-corrected chi connectivity index (χ2v) is 16.2. The van der Waals surface area contributed by atoms with Gasteiger partial charge in [0.2, 0.25) is 5.91 Å². The van der Waals surface area contributed by atoms with Gasteiger partial charge in [-0.15, -0.1) is 11.8 Å². The molecule has 0 aromatic heterocycles. The fraction of sp³-hybridized carbons (Fsp3) is 0.538. The van der Waals surface area contributed by atoms with E-state index in [1.54, 1.807) is 22.7 Å². The van der Waals surface area contributed by atoms with E-state index in [1.807, 2.05) is 25.1 Å². The van der Waals surface area contributed by atoms with E-state index in [-0.39, 0.29) is 41.5 Å². The standard InChI is InChI=1S/C26H37NO4SSi/c1-9-15-30-25(29)22-23(32-16-19-13-11-10-12-14-19)17(2)21-20(24(28)27(21)22)18(3)31-33(7,8)26(4,5)6/h9-14,17-18,20-21H,1,15-16H2,2-8H3/t17-,18-,20-,21-/m1/s1.